The van der Waals surface area contributed by atoms with Gasteiger partial charge in [-0.25, -0.2) is 18.6 Å². The zero-order valence-corrected chi connectivity index (χ0v) is 7.29. The van der Waals surface area contributed by atoms with E-state index in [4.69, 9.17) is 10.8 Å². The second-order valence-corrected chi connectivity index (χ2v) is 2.70. The second kappa shape index (κ2) is 3.57. The average molecular weight is 202 g/mol. The summed E-state index contributed by atoms with van der Waals surface area (Å²) in [5, 5.41) is 8.60. The van der Waals surface area contributed by atoms with E-state index in [9.17, 15) is 13.6 Å². The van der Waals surface area contributed by atoms with Gasteiger partial charge in [-0.3, -0.25) is 0 Å². The van der Waals surface area contributed by atoms with Gasteiger partial charge < -0.3 is 10.8 Å². The quantitative estimate of drug-likeness (QED) is 0.763. The Morgan fingerprint density at radius 3 is 2.64 bits per heavy atom. The summed E-state index contributed by atoms with van der Waals surface area (Å²) in [4.78, 5) is 14.0. The third-order valence-electron chi connectivity index (χ3n) is 1.72. The Morgan fingerprint density at radius 1 is 1.64 bits per heavy atom. The van der Waals surface area contributed by atoms with Gasteiger partial charge in [0, 0.05) is 0 Å². The lowest BCUT2D eigenvalue weighted by Crippen LogP contribution is -2.08. The molecule has 0 bridgehead atoms. The Labute approximate surface area is 78.4 Å². The first-order chi connectivity index (χ1) is 6.43. The molecule has 0 aromatic carbocycles. The third kappa shape index (κ3) is 1.78. The van der Waals surface area contributed by atoms with Crippen LogP contribution in [0.5, 0.6) is 0 Å². The topological polar surface area (TPSA) is 76.2 Å². The molecule has 0 unspecified atom stereocenters. The number of aryl methyl sites for hydroxylation is 1. The van der Waals surface area contributed by atoms with E-state index in [-0.39, 0.29) is 11.4 Å². The predicted octanol–water partition coefficient (Wildman–Crippen LogP) is 1.61. The Morgan fingerprint density at radius 2 is 2.21 bits per heavy atom. The number of aromatic carboxylic acids is 1. The molecule has 1 rings (SSSR count). The molecule has 0 aliphatic carbocycles. The number of carboxylic acid groups (broad SMARTS) is 1. The second-order valence-electron chi connectivity index (χ2n) is 2.70. The number of nitrogens with two attached hydrogens (primary N) is 1. The molecule has 76 valence electrons. The van der Waals surface area contributed by atoms with Crippen molar-refractivity contribution in [3.05, 3.63) is 23.0 Å². The van der Waals surface area contributed by atoms with Crippen LogP contribution in [0.2, 0.25) is 0 Å². The number of rotatable bonds is 2. The number of hydrogen-bond acceptors (Lipinski definition) is 3. The summed E-state index contributed by atoms with van der Waals surface area (Å²) in [6.45, 7) is 1.44. The van der Waals surface area contributed by atoms with Crippen molar-refractivity contribution in [2.75, 3.05) is 5.73 Å². The molecule has 0 fully saturated rings. The number of alkyl halides is 2. The van der Waals surface area contributed by atoms with E-state index in [1.807, 2.05) is 0 Å². The molecule has 0 saturated carbocycles. The molecule has 1 aromatic rings. The minimum Gasteiger partial charge on any atom is -0.478 e. The van der Waals surface area contributed by atoms with E-state index in [1.165, 1.54) is 6.92 Å². The lowest BCUT2D eigenvalue weighted by molar-refractivity contribution is 0.0682. The van der Waals surface area contributed by atoms with Crippen LogP contribution >= 0.6 is 0 Å². The lowest BCUT2D eigenvalue weighted by atomic mass is 10.1. The summed E-state index contributed by atoms with van der Waals surface area (Å²) in [6, 6.07) is 0.992. The van der Waals surface area contributed by atoms with Crippen LogP contribution in [-0.2, 0) is 0 Å². The van der Waals surface area contributed by atoms with Crippen molar-refractivity contribution in [2.24, 2.45) is 0 Å². The van der Waals surface area contributed by atoms with Crippen molar-refractivity contribution >= 4 is 11.7 Å². The predicted molar refractivity (Wildman–Crippen MR) is 45.3 cm³/mol. The molecule has 1 heterocycles. The fourth-order valence-corrected chi connectivity index (χ4v) is 0.977. The minimum atomic E-state index is -2.92. The Kier molecular flexibility index (Phi) is 2.64. The van der Waals surface area contributed by atoms with Crippen molar-refractivity contribution in [3.8, 4) is 0 Å². The summed E-state index contributed by atoms with van der Waals surface area (Å²) >= 11 is 0. The molecule has 0 spiro atoms. The van der Waals surface area contributed by atoms with Crippen molar-refractivity contribution in [2.45, 2.75) is 13.3 Å². The van der Waals surface area contributed by atoms with E-state index in [2.05, 4.69) is 4.98 Å². The molecule has 0 atom stereocenters. The Hall–Kier alpha value is -1.72. The summed E-state index contributed by atoms with van der Waals surface area (Å²) in [7, 11) is 0. The third-order valence-corrected chi connectivity index (χ3v) is 1.72. The van der Waals surface area contributed by atoms with Crippen LogP contribution in [0.25, 0.3) is 0 Å². The van der Waals surface area contributed by atoms with Crippen LogP contribution in [0, 0.1) is 6.92 Å². The molecule has 3 N–H and O–H groups in total. The lowest BCUT2D eigenvalue weighted by Gasteiger charge is -2.07. The standard InChI is InChI=1S/C8H8F2N2O2/c1-3-5(11)2-4(8(13)14)6(12-3)7(9)10/h2,7H,11H2,1H3,(H,13,14). The molecular formula is C8H8F2N2O2. The number of nitrogen functional groups attached to an aromatic ring is 1. The van der Waals surface area contributed by atoms with Crippen LogP contribution in [0.4, 0.5) is 14.5 Å². The van der Waals surface area contributed by atoms with Gasteiger partial charge in [0.2, 0.25) is 0 Å². The van der Waals surface area contributed by atoms with E-state index in [1.54, 1.807) is 0 Å². The number of aromatic nitrogens is 1. The normalized spacial score (nSPS) is 10.6. The molecule has 6 heteroatoms. The fraction of sp³-hybridized carbons (Fsp3) is 0.250. The number of pyridine rings is 1. The Bertz CT molecular complexity index is 380. The van der Waals surface area contributed by atoms with E-state index < -0.39 is 23.7 Å². The van der Waals surface area contributed by atoms with Gasteiger partial charge in [-0.2, -0.15) is 0 Å². The van der Waals surface area contributed by atoms with Gasteiger partial charge in [-0.15, -0.1) is 0 Å². The minimum absolute atomic E-state index is 0.0896. The molecular weight excluding hydrogens is 194 g/mol. The van der Waals surface area contributed by atoms with Gasteiger partial charge in [0.15, 0.2) is 0 Å². The molecule has 14 heavy (non-hydrogen) atoms. The van der Waals surface area contributed by atoms with Gasteiger partial charge in [0.1, 0.15) is 5.69 Å². The van der Waals surface area contributed by atoms with Crippen molar-refractivity contribution in [1.29, 1.82) is 0 Å². The van der Waals surface area contributed by atoms with Crippen molar-refractivity contribution < 1.29 is 18.7 Å². The maximum Gasteiger partial charge on any atom is 0.337 e. The van der Waals surface area contributed by atoms with Crippen molar-refractivity contribution in [1.82, 2.24) is 4.98 Å². The molecule has 0 saturated heterocycles. The zero-order chi connectivity index (χ0) is 10.9. The first kappa shape index (κ1) is 10.4. The van der Waals surface area contributed by atoms with Crippen LogP contribution in [0.15, 0.2) is 6.07 Å². The number of anilines is 1. The fourth-order valence-electron chi connectivity index (χ4n) is 0.977. The zero-order valence-electron chi connectivity index (χ0n) is 7.29. The number of hydrogen-bond donors (Lipinski definition) is 2. The van der Waals surface area contributed by atoms with Crippen LogP contribution in [0.1, 0.15) is 28.2 Å². The number of halogens is 2. The Balaban J connectivity index is 3.39. The highest BCUT2D eigenvalue weighted by atomic mass is 19.3. The number of nitrogens with zero attached hydrogens (tertiary/aromatic N) is 1. The highest BCUT2D eigenvalue weighted by molar-refractivity contribution is 5.90. The van der Waals surface area contributed by atoms with Crippen LogP contribution in [-0.4, -0.2) is 16.1 Å². The van der Waals surface area contributed by atoms with E-state index in [0.29, 0.717) is 0 Å². The SMILES string of the molecule is Cc1nc(C(F)F)c(C(=O)O)cc1N. The molecule has 4 nitrogen and oxygen atoms in total. The molecule has 0 aliphatic rings. The van der Waals surface area contributed by atoms with E-state index in [0.717, 1.165) is 6.07 Å². The van der Waals surface area contributed by atoms with Gasteiger partial charge in [0.05, 0.1) is 16.9 Å². The molecule has 1 aromatic heterocycles. The highest BCUT2D eigenvalue weighted by Crippen LogP contribution is 2.24. The number of carboxylic acids is 1. The average Bonchev–Trinajstić information content (AvgIpc) is 2.08. The van der Waals surface area contributed by atoms with E-state index >= 15 is 0 Å². The summed E-state index contributed by atoms with van der Waals surface area (Å²) < 4.78 is 24.7. The van der Waals surface area contributed by atoms with Crippen molar-refractivity contribution in [3.63, 3.8) is 0 Å². The van der Waals surface area contributed by atoms with Crippen LogP contribution in [0.3, 0.4) is 0 Å². The maximum absolute atomic E-state index is 12.3. The first-order valence-electron chi connectivity index (χ1n) is 3.72. The largest absolute Gasteiger partial charge is 0.478 e. The highest BCUT2D eigenvalue weighted by Gasteiger charge is 2.20. The van der Waals surface area contributed by atoms with Gasteiger partial charge in [-0.1, -0.05) is 0 Å². The number of carbonyl (C=O) groups is 1. The van der Waals surface area contributed by atoms with Gasteiger partial charge in [-0.05, 0) is 13.0 Å². The molecule has 0 aliphatic heterocycles. The molecule has 0 amide bonds. The van der Waals surface area contributed by atoms with Gasteiger partial charge in [0.25, 0.3) is 6.43 Å². The van der Waals surface area contributed by atoms with Gasteiger partial charge >= 0.3 is 5.97 Å². The first-order valence-corrected chi connectivity index (χ1v) is 3.72. The smallest absolute Gasteiger partial charge is 0.337 e. The summed E-state index contributed by atoms with van der Waals surface area (Å²) in [6.07, 6.45) is -2.92. The summed E-state index contributed by atoms with van der Waals surface area (Å²) in [5.74, 6) is -1.46. The monoisotopic (exact) mass is 202 g/mol. The van der Waals surface area contributed by atoms with Crippen LogP contribution < -0.4 is 5.73 Å². The maximum atomic E-state index is 12.3. The summed E-state index contributed by atoms with van der Waals surface area (Å²) in [5.41, 5.74) is 4.35. The molecule has 0 radical (unpaired) electrons.